The number of nitrogens with zero attached hydrogens (tertiary/aromatic N) is 1. The third-order valence-electron chi connectivity index (χ3n) is 7.89. The Balaban J connectivity index is 1.61. The summed E-state index contributed by atoms with van der Waals surface area (Å²) >= 11 is 0. The number of carbonyl (C=O) groups excluding carboxylic acids is 3. The maximum Gasteiger partial charge on any atom is 0.326 e. The van der Waals surface area contributed by atoms with Crippen molar-refractivity contribution in [1.82, 2.24) is 30.9 Å². The monoisotopic (exact) mass is 617 g/mol. The first-order valence-corrected chi connectivity index (χ1v) is 14.7. The van der Waals surface area contributed by atoms with Crippen LogP contribution in [0.15, 0.2) is 67.3 Å². The average molecular weight is 618 g/mol. The first-order chi connectivity index (χ1) is 21.5. The highest BCUT2D eigenvalue weighted by molar-refractivity contribution is 5.95. The Morgan fingerprint density at radius 1 is 0.867 bits per heavy atom. The Labute approximate surface area is 260 Å². The van der Waals surface area contributed by atoms with Gasteiger partial charge in [0.15, 0.2) is 0 Å². The average Bonchev–Trinajstić information content (AvgIpc) is 3.70. The molecule has 45 heavy (non-hydrogen) atoms. The highest BCUT2D eigenvalue weighted by atomic mass is 16.4. The molecule has 3 amide bonds. The van der Waals surface area contributed by atoms with Crippen LogP contribution in [0.25, 0.3) is 10.9 Å². The first-order valence-electron chi connectivity index (χ1n) is 14.7. The number of H-pyrrole nitrogens is 2. The fourth-order valence-electron chi connectivity index (χ4n) is 4.95. The van der Waals surface area contributed by atoms with Gasteiger partial charge in [-0.1, -0.05) is 50.6 Å². The normalized spacial score (nSPS) is 14.6. The molecule has 0 aliphatic heterocycles. The Morgan fingerprint density at radius 2 is 1.51 bits per heavy atom. The summed E-state index contributed by atoms with van der Waals surface area (Å²) in [6, 6.07) is 9.14. The Bertz CT molecular complexity index is 1600. The number of aromatic nitrogens is 3. The number of para-hydroxylation sites is 1. The number of aliphatic carboxylic acids is 1. The lowest BCUT2D eigenvalue weighted by Gasteiger charge is -2.26. The molecule has 5 atom stereocenters. The van der Waals surface area contributed by atoms with Crippen LogP contribution in [0.1, 0.15) is 37.1 Å². The van der Waals surface area contributed by atoms with Crippen molar-refractivity contribution in [3.8, 4) is 5.75 Å². The van der Waals surface area contributed by atoms with Gasteiger partial charge in [0.05, 0.1) is 12.4 Å². The molecule has 5 unspecified atom stereocenters. The molecule has 0 bridgehead atoms. The number of fused-ring (bicyclic) bond motifs is 1. The molecule has 13 nitrogen and oxygen atoms in total. The maximum absolute atomic E-state index is 13.9. The molecular weight excluding hydrogens is 578 g/mol. The van der Waals surface area contributed by atoms with Crippen molar-refractivity contribution >= 4 is 34.6 Å². The van der Waals surface area contributed by atoms with Gasteiger partial charge in [0.2, 0.25) is 17.7 Å². The highest BCUT2D eigenvalue weighted by Gasteiger charge is 2.32. The van der Waals surface area contributed by atoms with Gasteiger partial charge in [0.1, 0.15) is 23.9 Å². The molecule has 9 N–H and O–H groups in total. The minimum atomic E-state index is -1.30. The fraction of sp³-hybridized carbons (Fsp3) is 0.344. The van der Waals surface area contributed by atoms with Gasteiger partial charge in [0, 0.05) is 48.3 Å². The number of aromatic amines is 2. The van der Waals surface area contributed by atoms with Crippen LogP contribution >= 0.6 is 0 Å². The van der Waals surface area contributed by atoms with Crippen molar-refractivity contribution < 1.29 is 29.4 Å². The van der Waals surface area contributed by atoms with Crippen molar-refractivity contribution in [1.29, 1.82) is 0 Å². The molecule has 13 heteroatoms. The van der Waals surface area contributed by atoms with Gasteiger partial charge in [-0.25, -0.2) is 9.78 Å². The van der Waals surface area contributed by atoms with Gasteiger partial charge in [-0.2, -0.15) is 0 Å². The topological polar surface area (TPSA) is 215 Å². The number of amides is 3. The number of hydrogen-bond acceptors (Lipinski definition) is 7. The number of carbonyl (C=O) groups is 4. The number of carboxylic acid groups (broad SMARTS) is 1. The zero-order chi connectivity index (χ0) is 32.5. The Kier molecular flexibility index (Phi) is 10.9. The number of carboxylic acids is 1. The third-order valence-corrected chi connectivity index (χ3v) is 7.89. The predicted molar refractivity (Wildman–Crippen MR) is 167 cm³/mol. The molecule has 2 aromatic heterocycles. The molecule has 0 spiro atoms. The van der Waals surface area contributed by atoms with Crippen molar-refractivity contribution in [3.63, 3.8) is 0 Å². The summed E-state index contributed by atoms with van der Waals surface area (Å²) in [7, 11) is 0. The zero-order valence-electron chi connectivity index (χ0n) is 25.1. The minimum Gasteiger partial charge on any atom is -0.508 e. The van der Waals surface area contributed by atoms with E-state index in [9.17, 15) is 29.4 Å². The number of hydrogen-bond donors (Lipinski definition) is 8. The second-order valence-corrected chi connectivity index (χ2v) is 11.1. The van der Waals surface area contributed by atoms with Gasteiger partial charge < -0.3 is 41.9 Å². The summed E-state index contributed by atoms with van der Waals surface area (Å²) < 4.78 is 0. The molecular formula is C32H39N7O6. The molecule has 0 fully saturated rings. The van der Waals surface area contributed by atoms with E-state index in [1.165, 1.54) is 24.7 Å². The SMILES string of the molecule is CCC(C)C(N)C(=O)NC(Cc1ccc(O)cc1)C(=O)NC(Cc1c[nH]c2ccccc12)C(=O)NC(Cc1cnc[nH]1)C(=O)O. The summed E-state index contributed by atoms with van der Waals surface area (Å²) in [4.78, 5) is 62.6. The van der Waals surface area contributed by atoms with E-state index in [0.29, 0.717) is 17.7 Å². The van der Waals surface area contributed by atoms with Crippen LogP contribution in [-0.2, 0) is 38.4 Å². The van der Waals surface area contributed by atoms with Gasteiger partial charge in [-0.05, 0) is 35.2 Å². The van der Waals surface area contributed by atoms with E-state index in [4.69, 9.17) is 5.73 Å². The van der Waals surface area contributed by atoms with Gasteiger partial charge in [-0.15, -0.1) is 0 Å². The number of nitrogens with one attached hydrogen (secondary N) is 5. The first kappa shape index (κ1) is 32.7. The summed E-state index contributed by atoms with van der Waals surface area (Å²) in [5.41, 5.74) is 8.87. The lowest BCUT2D eigenvalue weighted by molar-refractivity contribution is -0.142. The van der Waals surface area contributed by atoms with E-state index < -0.39 is 47.9 Å². The van der Waals surface area contributed by atoms with E-state index in [0.717, 1.165) is 16.5 Å². The summed E-state index contributed by atoms with van der Waals surface area (Å²) in [5, 5.41) is 28.5. The second-order valence-electron chi connectivity index (χ2n) is 11.1. The molecule has 0 saturated carbocycles. The van der Waals surface area contributed by atoms with Crippen LogP contribution in [0.3, 0.4) is 0 Å². The van der Waals surface area contributed by atoms with Crippen LogP contribution in [0, 0.1) is 5.92 Å². The predicted octanol–water partition coefficient (Wildman–Crippen LogP) is 1.54. The number of phenolic OH excluding ortho intramolecular Hbond substituents is 1. The maximum atomic E-state index is 13.9. The minimum absolute atomic E-state index is 0.0320. The van der Waals surface area contributed by atoms with Crippen molar-refractivity contribution in [2.45, 2.75) is 63.7 Å². The smallest absolute Gasteiger partial charge is 0.326 e. The lowest BCUT2D eigenvalue weighted by Crippen LogP contribution is -2.58. The molecule has 2 heterocycles. The van der Waals surface area contributed by atoms with E-state index in [1.807, 2.05) is 38.1 Å². The summed E-state index contributed by atoms with van der Waals surface area (Å²) in [5.74, 6) is -3.26. The summed E-state index contributed by atoms with van der Waals surface area (Å²) in [6.45, 7) is 3.74. The highest BCUT2D eigenvalue weighted by Crippen LogP contribution is 2.20. The van der Waals surface area contributed by atoms with Crippen LogP contribution in [0.5, 0.6) is 5.75 Å². The fourth-order valence-corrected chi connectivity index (χ4v) is 4.95. The molecule has 238 valence electrons. The van der Waals surface area contributed by atoms with Crippen LogP contribution in [-0.4, -0.2) is 73.0 Å². The quantitative estimate of drug-likeness (QED) is 0.0977. The van der Waals surface area contributed by atoms with E-state index in [-0.39, 0.29) is 30.9 Å². The Morgan fingerprint density at radius 3 is 2.16 bits per heavy atom. The van der Waals surface area contributed by atoms with Gasteiger partial charge in [-0.3, -0.25) is 14.4 Å². The van der Waals surface area contributed by atoms with Crippen molar-refractivity contribution in [2.75, 3.05) is 0 Å². The molecule has 0 radical (unpaired) electrons. The van der Waals surface area contributed by atoms with Crippen molar-refractivity contribution in [2.24, 2.45) is 11.7 Å². The largest absolute Gasteiger partial charge is 0.508 e. The van der Waals surface area contributed by atoms with Crippen LogP contribution in [0.4, 0.5) is 0 Å². The second kappa shape index (κ2) is 15.0. The molecule has 4 rings (SSSR count). The third kappa shape index (κ3) is 8.70. The lowest BCUT2D eigenvalue weighted by atomic mass is 9.98. The van der Waals surface area contributed by atoms with Gasteiger partial charge in [0.25, 0.3) is 0 Å². The van der Waals surface area contributed by atoms with E-state index >= 15 is 0 Å². The number of benzene rings is 2. The van der Waals surface area contributed by atoms with Crippen LogP contribution < -0.4 is 21.7 Å². The standard InChI is InChI=1S/C32H39N7O6/c1-3-18(2)28(33)31(43)38-25(12-19-8-10-22(40)11-9-19)29(41)37-26(13-20-15-35-24-7-5-4-6-23(20)24)30(42)39-27(32(44)45)14-21-16-34-17-36-21/h4-11,15-18,25-28,35,40H,3,12-14,33H2,1-2H3,(H,34,36)(H,37,41)(H,38,43)(H,39,42)(H,44,45). The number of nitrogens with two attached hydrogens (primary N) is 1. The number of phenols is 1. The van der Waals surface area contributed by atoms with Crippen LogP contribution in [0.2, 0.25) is 0 Å². The number of aromatic hydroxyl groups is 1. The summed E-state index contributed by atoms with van der Waals surface area (Å²) in [6.07, 6.45) is 5.28. The number of imidazole rings is 1. The van der Waals surface area contributed by atoms with Gasteiger partial charge >= 0.3 is 5.97 Å². The molecule has 2 aromatic carbocycles. The van der Waals surface area contributed by atoms with E-state index in [2.05, 4.69) is 30.9 Å². The van der Waals surface area contributed by atoms with Crippen molar-refractivity contribution in [3.05, 3.63) is 84.1 Å². The molecule has 0 aliphatic carbocycles. The number of rotatable bonds is 15. The Hall–Kier alpha value is -5.17. The molecule has 0 aliphatic rings. The van der Waals surface area contributed by atoms with E-state index in [1.54, 1.807) is 18.3 Å². The zero-order valence-corrected chi connectivity index (χ0v) is 25.1. The molecule has 0 saturated heterocycles. The molecule has 4 aromatic rings.